The van der Waals surface area contributed by atoms with Crippen molar-refractivity contribution in [1.82, 2.24) is 0 Å². The Hall–Kier alpha value is -1.30. The summed E-state index contributed by atoms with van der Waals surface area (Å²) < 4.78 is 0. The maximum absolute atomic E-state index is 3.64. The fourth-order valence-electron chi connectivity index (χ4n) is 0.744. The summed E-state index contributed by atoms with van der Waals surface area (Å²) in [4.78, 5) is 0. The van der Waals surface area contributed by atoms with Gasteiger partial charge in [-0.05, 0) is 17.2 Å². The standard InChI is InChI=1S/C10H9/c1-3-9-6-5-7-10(4-2)8-9/h3-7H,1-2H2. The van der Waals surface area contributed by atoms with Crippen LogP contribution < -0.4 is 0 Å². The molecule has 0 heterocycles. The van der Waals surface area contributed by atoms with Gasteiger partial charge < -0.3 is 0 Å². The number of benzene rings is 1. The highest BCUT2D eigenvalue weighted by Crippen LogP contribution is 2.05. The van der Waals surface area contributed by atoms with E-state index in [1.54, 1.807) is 12.2 Å². The lowest BCUT2D eigenvalue weighted by Gasteiger charge is -1.92. The average molecular weight is 129 g/mol. The summed E-state index contributed by atoms with van der Waals surface area (Å²) in [6, 6.07) is 8.99. The number of hydrogen-bond acceptors (Lipinski definition) is 0. The Labute approximate surface area is 61.5 Å². The molecule has 0 aliphatic heterocycles. The van der Waals surface area contributed by atoms with E-state index < -0.39 is 0 Å². The summed E-state index contributed by atoms with van der Waals surface area (Å²) in [5, 5.41) is 0. The molecular weight excluding hydrogens is 120 g/mol. The van der Waals surface area contributed by atoms with Gasteiger partial charge in [0.1, 0.15) is 0 Å². The van der Waals surface area contributed by atoms with Crippen molar-refractivity contribution in [3.05, 3.63) is 48.6 Å². The molecule has 0 aromatic heterocycles. The molecule has 0 fully saturated rings. The number of hydrogen-bond donors (Lipinski definition) is 0. The van der Waals surface area contributed by atoms with Gasteiger partial charge >= 0.3 is 0 Å². The van der Waals surface area contributed by atoms with Crippen molar-refractivity contribution in [3.8, 4) is 0 Å². The topological polar surface area (TPSA) is 0 Å². The maximum atomic E-state index is 3.64. The summed E-state index contributed by atoms with van der Waals surface area (Å²) in [5.41, 5.74) is 2.02. The van der Waals surface area contributed by atoms with Gasteiger partial charge in [0, 0.05) is 0 Å². The average Bonchev–Trinajstić information content (AvgIpc) is 2.05. The van der Waals surface area contributed by atoms with Crippen LogP contribution in [0.3, 0.4) is 0 Å². The van der Waals surface area contributed by atoms with E-state index in [2.05, 4.69) is 19.2 Å². The van der Waals surface area contributed by atoms with Crippen molar-refractivity contribution in [2.24, 2.45) is 0 Å². The van der Waals surface area contributed by atoms with Crippen molar-refractivity contribution in [2.75, 3.05) is 0 Å². The maximum Gasteiger partial charge on any atom is -0.00272 e. The van der Waals surface area contributed by atoms with Crippen LogP contribution in [0.5, 0.6) is 0 Å². The van der Waals surface area contributed by atoms with Crippen LogP contribution in [0, 0.1) is 6.07 Å². The zero-order valence-electron chi connectivity index (χ0n) is 5.80. The summed E-state index contributed by atoms with van der Waals surface area (Å²) in [6.45, 7) is 7.28. The molecule has 0 amide bonds. The van der Waals surface area contributed by atoms with Gasteiger partial charge in [0.15, 0.2) is 0 Å². The molecule has 1 radical (unpaired) electrons. The zero-order chi connectivity index (χ0) is 7.40. The summed E-state index contributed by atoms with van der Waals surface area (Å²) in [6.07, 6.45) is 3.54. The molecule has 10 heavy (non-hydrogen) atoms. The summed E-state index contributed by atoms with van der Waals surface area (Å²) in [5.74, 6) is 0. The Kier molecular flexibility index (Phi) is 2.06. The lowest BCUT2D eigenvalue weighted by atomic mass is 10.1. The lowest BCUT2D eigenvalue weighted by molar-refractivity contribution is 1.61. The van der Waals surface area contributed by atoms with E-state index in [0.717, 1.165) is 11.1 Å². The SMILES string of the molecule is C=Cc1[c]c(C=C)ccc1. The van der Waals surface area contributed by atoms with Gasteiger partial charge in [-0.2, -0.15) is 0 Å². The van der Waals surface area contributed by atoms with Crippen molar-refractivity contribution in [1.29, 1.82) is 0 Å². The highest BCUT2D eigenvalue weighted by molar-refractivity contribution is 5.54. The van der Waals surface area contributed by atoms with Crippen molar-refractivity contribution in [3.63, 3.8) is 0 Å². The first-order valence-electron chi connectivity index (χ1n) is 3.14. The third-order valence-corrected chi connectivity index (χ3v) is 1.28. The molecule has 0 atom stereocenters. The van der Waals surface area contributed by atoms with Gasteiger partial charge in [0.25, 0.3) is 0 Å². The first kappa shape index (κ1) is 6.81. The van der Waals surface area contributed by atoms with Crippen LogP contribution in [0.4, 0.5) is 0 Å². The Balaban J connectivity index is 3.09. The van der Waals surface area contributed by atoms with E-state index in [1.165, 1.54) is 0 Å². The molecule has 0 heteroatoms. The second kappa shape index (κ2) is 3.02. The Morgan fingerprint density at radius 3 is 2.00 bits per heavy atom. The molecule has 0 aliphatic rings. The van der Waals surface area contributed by atoms with Crippen LogP contribution in [0.25, 0.3) is 12.2 Å². The van der Waals surface area contributed by atoms with Crippen molar-refractivity contribution >= 4 is 12.2 Å². The van der Waals surface area contributed by atoms with E-state index in [9.17, 15) is 0 Å². The van der Waals surface area contributed by atoms with Gasteiger partial charge in [-0.15, -0.1) is 0 Å². The van der Waals surface area contributed by atoms with Crippen LogP contribution in [0.1, 0.15) is 11.1 Å². The summed E-state index contributed by atoms with van der Waals surface area (Å²) in [7, 11) is 0. The van der Waals surface area contributed by atoms with Crippen molar-refractivity contribution < 1.29 is 0 Å². The largest absolute Gasteiger partial charge is 0.0984 e. The number of rotatable bonds is 2. The second-order valence-electron chi connectivity index (χ2n) is 1.97. The molecule has 49 valence electrons. The van der Waals surface area contributed by atoms with E-state index in [4.69, 9.17) is 0 Å². The molecule has 0 nitrogen and oxygen atoms in total. The lowest BCUT2D eigenvalue weighted by Crippen LogP contribution is -1.73. The molecule has 1 rings (SSSR count). The van der Waals surface area contributed by atoms with Crippen LogP contribution in [0.2, 0.25) is 0 Å². The van der Waals surface area contributed by atoms with E-state index >= 15 is 0 Å². The fourth-order valence-corrected chi connectivity index (χ4v) is 0.744. The molecule has 0 aliphatic carbocycles. The highest BCUT2D eigenvalue weighted by Gasteiger charge is 1.86. The van der Waals surface area contributed by atoms with Gasteiger partial charge in [-0.3, -0.25) is 0 Å². The van der Waals surface area contributed by atoms with Crippen molar-refractivity contribution in [2.45, 2.75) is 0 Å². The third kappa shape index (κ3) is 1.35. The Bertz CT molecular complexity index is 223. The fraction of sp³-hybridized carbons (Fsp3) is 0. The predicted octanol–water partition coefficient (Wildman–Crippen LogP) is 2.77. The van der Waals surface area contributed by atoms with Gasteiger partial charge in [0.2, 0.25) is 0 Å². The van der Waals surface area contributed by atoms with E-state index in [0.29, 0.717) is 0 Å². The van der Waals surface area contributed by atoms with Gasteiger partial charge in [-0.1, -0.05) is 43.5 Å². The molecular formula is C10H9. The monoisotopic (exact) mass is 129 g/mol. The summed E-state index contributed by atoms with van der Waals surface area (Å²) >= 11 is 0. The predicted molar refractivity (Wildman–Crippen MR) is 45.5 cm³/mol. The minimum absolute atomic E-state index is 1.01. The molecule has 0 N–H and O–H groups in total. The van der Waals surface area contributed by atoms with Gasteiger partial charge in [0.05, 0.1) is 0 Å². The molecule has 0 spiro atoms. The third-order valence-electron chi connectivity index (χ3n) is 1.28. The van der Waals surface area contributed by atoms with Gasteiger partial charge in [-0.25, -0.2) is 0 Å². The smallest absolute Gasteiger partial charge is 0.00272 e. The van der Waals surface area contributed by atoms with Crippen LogP contribution in [0.15, 0.2) is 31.4 Å². The minimum Gasteiger partial charge on any atom is -0.0984 e. The zero-order valence-corrected chi connectivity index (χ0v) is 5.80. The van der Waals surface area contributed by atoms with E-state index in [1.807, 2.05) is 18.2 Å². The van der Waals surface area contributed by atoms with Crippen LogP contribution in [-0.4, -0.2) is 0 Å². The van der Waals surface area contributed by atoms with Crippen LogP contribution in [-0.2, 0) is 0 Å². The van der Waals surface area contributed by atoms with E-state index in [-0.39, 0.29) is 0 Å². The highest BCUT2D eigenvalue weighted by atomic mass is 13.9. The molecule has 0 saturated heterocycles. The van der Waals surface area contributed by atoms with Crippen LogP contribution >= 0.6 is 0 Å². The molecule has 1 aromatic carbocycles. The first-order chi connectivity index (χ1) is 4.86. The normalized spacial score (nSPS) is 8.80. The molecule has 0 bridgehead atoms. The second-order valence-corrected chi connectivity index (χ2v) is 1.97. The Morgan fingerprint density at radius 2 is 1.60 bits per heavy atom. The Morgan fingerprint density at radius 1 is 1.10 bits per heavy atom. The first-order valence-corrected chi connectivity index (χ1v) is 3.14. The minimum atomic E-state index is 1.01. The molecule has 0 saturated carbocycles. The molecule has 0 unspecified atom stereocenters. The molecule has 1 aromatic rings. The quantitative estimate of drug-likeness (QED) is 0.576.